The summed E-state index contributed by atoms with van der Waals surface area (Å²) in [5.41, 5.74) is 0.588. The molecule has 2 aliphatic rings. The second-order valence-electron chi connectivity index (χ2n) is 7.51. The highest BCUT2D eigenvalue weighted by atomic mass is 35.5. The van der Waals surface area contributed by atoms with Crippen LogP contribution in [0.3, 0.4) is 0 Å². The number of carbonyl (C=O) groups is 1. The summed E-state index contributed by atoms with van der Waals surface area (Å²) in [6, 6.07) is 3.68. The predicted molar refractivity (Wildman–Crippen MR) is 109 cm³/mol. The van der Waals surface area contributed by atoms with E-state index >= 15 is 0 Å². The van der Waals surface area contributed by atoms with Crippen LogP contribution in [0.15, 0.2) is 24.3 Å². The average Bonchev–Trinajstić information content (AvgIpc) is 3.21. The van der Waals surface area contributed by atoms with E-state index in [4.69, 9.17) is 16.3 Å². The van der Waals surface area contributed by atoms with Crippen molar-refractivity contribution in [3.8, 4) is 0 Å². The summed E-state index contributed by atoms with van der Waals surface area (Å²) in [5, 5.41) is 12.8. The van der Waals surface area contributed by atoms with Crippen molar-refractivity contribution in [1.82, 2.24) is 19.8 Å². The lowest BCUT2D eigenvalue weighted by Gasteiger charge is -2.30. The van der Waals surface area contributed by atoms with Crippen LogP contribution in [0, 0.1) is 0 Å². The first-order chi connectivity index (χ1) is 15.3. The van der Waals surface area contributed by atoms with Gasteiger partial charge in [-0.3, -0.25) is 0 Å². The summed E-state index contributed by atoms with van der Waals surface area (Å²) < 4.78 is 44.6. The number of alkyl halides is 3. The van der Waals surface area contributed by atoms with Crippen LogP contribution in [0.4, 0.5) is 23.8 Å². The number of nitrogens with zero attached hydrogens (tertiary/aromatic N) is 4. The van der Waals surface area contributed by atoms with Gasteiger partial charge in [0.2, 0.25) is 5.28 Å². The average molecular weight is 472 g/mol. The molecule has 8 nitrogen and oxygen atoms in total. The summed E-state index contributed by atoms with van der Waals surface area (Å²) in [6.07, 6.45) is -4.50. The number of amides is 2. The van der Waals surface area contributed by atoms with Crippen molar-refractivity contribution in [3.63, 3.8) is 0 Å². The molecule has 1 fully saturated rings. The third-order valence-electron chi connectivity index (χ3n) is 5.42. The minimum Gasteiger partial charge on any atom is -0.394 e. The van der Waals surface area contributed by atoms with Crippen molar-refractivity contribution in [3.05, 3.63) is 51.9 Å². The second-order valence-corrected chi connectivity index (χ2v) is 7.85. The molecule has 2 aliphatic heterocycles. The first-order valence-corrected chi connectivity index (χ1v) is 10.4. The van der Waals surface area contributed by atoms with Crippen LogP contribution in [0.1, 0.15) is 28.4 Å². The Hall–Kier alpha value is -2.63. The number of urea groups is 1. The molecule has 1 saturated heterocycles. The zero-order valence-corrected chi connectivity index (χ0v) is 17.7. The molecule has 0 aliphatic carbocycles. The predicted octanol–water partition coefficient (Wildman–Crippen LogP) is 3.06. The number of halogens is 4. The number of morpholine rings is 1. The lowest BCUT2D eigenvalue weighted by molar-refractivity contribution is -0.137. The molecule has 0 bridgehead atoms. The van der Waals surface area contributed by atoms with E-state index in [1.807, 2.05) is 0 Å². The summed E-state index contributed by atoms with van der Waals surface area (Å²) in [6.45, 7) is 1.90. The topological polar surface area (TPSA) is 90.8 Å². The number of carbonyl (C=O) groups excluding carboxylic acids is 1. The monoisotopic (exact) mass is 471 g/mol. The summed E-state index contributed by atoms with van der Waals surface area (Å²) >= 11 is 6.06. The number of rotatable bonds is 4. The van der Waals surface area contributed by atoms with Crippen molar-refractivity contribution >= 4 is 23.4 Å². The van der Waals surface area contributed by atoms with E-state index in [2.05, 4.69) is 15.3 Å². The van der Waals surface area contributed by atoms with Gasteiger partial charge in [-0.05, 0) is 29.3 Å². The number of aliphatic hydroxyl groups excluding tert-OH is 1. The fraction of sp³-hybridized carbons (Fsp3) is 0.450. The molecule has 12 heteroatoms. The van der Waals surface area contributed by atoms with E-state index in [1.54, 1.807) is 9.80 Å². The van der Waals surface area contributed by atoms with Gasteiger partial charge in [-0.1, -0.05) is 12.1 Å². The third kappa shape index (κ3) is 4.74. The highest BCUT2D eigenvalue weighted by Gasteiger charge is 2.33. The van der Waals surface area contributed by atoms with Gasteiger partial charge in [-0.2, -0.15) is 13.2 Å². The molecule has 1 aromatic carbocycles. The van der Waals surface area contributed by atoms with Crippen LogP contribution in [-0.4, -0.2) is 63.8 Å². The van der Waals surface area contributed by atoms with Crippen molar-refractivity contribution < 1.29 is 27.8 Å². The smallest absolute Gasteiger partial charge is 0.394 e. The number of aromatic nitrogens is 2. The number of aliphatic hydroxyl groups is 1. The van der Waals surface area contributed by atoms with Crippen LogP contribution in [0.5, 0.6) is 0 Å². The van der Waals surface area contributed by atoms with Crippen LogP contribution in [0.2, 0.25) is 5.28 Å². The first-order valence-electron chi connectivity index (χ1n) is 9.97. The molecule has 1 aromatic heterocycles. The molecule has 4 rings (SSSR count). The number of benzene rings is 1. The molecule has 0 unspecified atom stereocenters. The van der Waals surface area contributed by atoms with Crippen molar-refractivity contribution in [2.45, 2.75) is 25.3 Å². The zero-order valence-electron chi connectivity index (χ0n) is 16.9. The molecule has 2 aromatic rings. The van der Waals surface area contributed by atoms with E-state index in [1.165, 1.54) is 12.1 Å². The van der Waals surface area contributed by atoms with E-state index < -0.39 is 24.4 Å². The highest BCUT2D eigenvalue weighted by Crippen LogP contribution is 2.33. The maximum absolute atomic E-state index is 13.1. The minimum atomic E-state index is -4.50. The molecule has 0 radical (unpaired) electrons. The molecule has 1 atom stereocenters. The molecule has 172 valence electrons. The van der Waals surface area contributed by atoms with Gasteiger partial charge in [0, 0.05) is 18.7 Å². The molecule has 0 spiro atoms. The molecule has 2 N–H and O–H groups in total. The Kier molecular flexibility index (Phi) is 6.40. The molecular weight excluding hydrogens is 451 g/mol. The van der Waals surface area contributed by atoms with Crippen LogP contribution >= 0.6 is 11.6 Å². The van der Waals surface area contributed by atoms with Gasteiger partial charge in [0.05, 0.1) is 50.2 Å². The van der Waals surface area contributed by atoms with Gasteiger partial charge in [0.1, 0.15) is 5.82 Å². The van der Waals surface area contributed by atoms with E-state index in [-0.39, 0.29) is 35.8 Å². The van der Waals surface area contributed by atoms with E-state index in [0.29, 0.717) is 37.6 Å². The maximum Gasteiger partial charge on any atom is 0.416 e. The number of ether oxygens (including phenoxy) is 1. The first kappa shape index (κ1) is 22.6. The van der Waals surface area contributed by atoms with Gasteiger partial charge >= 0.3 is 12.2 Å². The lowest BCUT2D eigenvalue weighted by atomic mass is 10.0. The standard InChI is InChI=1S/C20H21ClF3N5O3/c21-18-26-15-10-29(19(31)28-4-6-32-7-5-28)9-14(15)17(27-18)25-16(11-30)12-2-1-3-13(8-12)20(22,23)24/h1-3,8,16,30H,4-7,9-11H2,(H,25,26,27)/t16-/m1/s1. The Balaban J connectivity index is 1.56. The van der Waals surface area contributed by atoms with Gasteiger partial charge in [0.25, 0.3) is 0 Å². The van der Waals surface area contributed by atoms with Crippen LogP contribution < -0.4 is 5.32 Å². The Morgan fingerprint density at radius 3 is 2.66 bits per heavy atom. The SMILES string of the molecule is O=C(N1CCOCC1)N1Cc2nc(Cl)nc(N[C@H](CO)c3cccc(C(F)(F)F)c3)c2C1. The maximum atomic E-state index is 13.1. The van der Waals surface area contributed by atoms with Crippen LogP contribution in [-0.2, 0) is 24.0 Å². The zero-order chi connectivity index (χ0) is 22.9. The summed E-state index contributed by atoms with van der Waals surface area (Å²) in [7, 11) is 0. The summed E-state index contributed by atoms with van der Waals surface area (Å²) in [4.78, 5) is 24.5. The van der Waals surface area contributed by atoms with Crippen molar-refractivity contribution in [2.75, 3.05) is 38.2 Å². The molecule has 0 saturated carbocycles. The Morgan fingerprint density at radius 2 is 1.97 bits per heavy atom. The quantitative estimate of drug-likeness (QED) is 0.666. The minimum absolute atomic E-state index is 0.0624. The highest BCUT2D eigenvalue weighted by molar-refractivity contribution is 6.28. The largest absolute Gasteiger partial charge is 0.416 e. The lowest BCUT2D eigenvalue weighted by Crippen LogP contribution is -2.46. The molecule has 3 heterocycles. The molecule has 32 heavy (non-hydrogen) atoms. The fourth-order valence-corrected chi connectivity index (χ4v) is 3.95. The Bertz CT molecular complexity index is 1000. The Labute approximate surface area is 187 Å². The Morgan fingerprint density at radius 1 is 1.22 bits per heavy atom. The van der Waals surface area contributed by atoms with Crippen LogP contribution in [0.25, 0.3) is 0 Å². The number of nitrogens with one attached hydrogen (secondary N) is 1. The van der Waals surface area contributed by atoms with E-state index in [9.17, 15) is 23.1 Å². The van der Waals surface area contributed by atoms with Gasteiger partial charge in [0.15, 0.2) is 0 Å². The molecular formula is C20H21ClF3N5O3. The van der Waals surface area contributed by atoms with Gasteiger partial charge < -0.3 is 25.0 Å². The van der Waals surface area contributed by atoms with Gasteiger partial charge in [-0.25, -0.2) is 14.8 Å². The number of fused-ring (bicyclic) bond motifs is 1. The fourth-order valence-electron chi connectivity index (χ4n) is 3.77. The number of hydrogen-bond acceptors (Lipinski definition) is 6. The van der Waals surface area contributed by atoms with Crippen molar-refractivity contribution in [1.29, 1.82) is 0 Å². The molecule has 2 amide bonds. The summed E-state index contributed by atoms with van der Waals surface area (Å²) in [5.74, 6) is 0.272. The normalized spacial score (nSPS) is 17.3. The number of hydrogen-bond donors (Lipinski definition) is 2. The van der Waals surface area contributed by atoms with Crippen molar-refractivity contribution in [2.24, 2.45) is 0 Å². The van der Waals surface area contributed by atoms with E-state index in [0.717, 1.165) is 12.1 Å². The number of anilines is 1. The third-order valence-corrected chi connectivity index (χ3v) is 5.59. The van der Waals surface area contributed by atoms with Gasteiger partial charge in [-0.15, -0.1) is 0 Å². The second kappa shape index (κ2) is 9.08.